The van der Waals surface area contributed by atoms with Gasteiger partial charge in [-0.05, 0) is 86.4 Å². The van der Waals surface area contributed by atoms with Crippen LogP contribution in [0.4, 0.5) is 4.39 Å². The maximum atomic E-state index is 16.0. The molecule has 0 fully saturated rings. The van der Waals surface area contributed by atoms with E-state index < -0.39 is 80.5 Å². The summed E-state index contributed by atoms with van der Waals surface area (Å²) in [6.07, 6.45) is 6.35. The molecule has 2 aromatic rings. The first-order valence-electron chi connectivity index (χ1n) is 21.0. The number of methoxy groups -OCH3 is 2. The lowest BCUT2D eigenvalue weighted by molar-refractivity contribution is -0.161. The van der Waals surface area contributed by atoms with Crippen LogP contribution in [0, 0.1) is 11.2 Å². The summed E-state index contributed by atoms with van der Waals surface area (Å²) in [6, 6.07) is 8.84. The zero-order chi connectivity index (χ0) is 47.1. The average molecular weight is 879 g/mol. The molecular formula is C49H63FO13. The van der Waals surface area contributed by atoms with Crippen molar-refractivity contribution in [1.82, 2.24) is 0 Å². The van der Waals surface area contributed by atoms with E-state index in [-0.39, 0.29) is 41.1 Å². The Morgan fingerprint density at radius 1 is 0.603 bits per heavy atom. The van der Waals surface area contributed by atoms with E-state index in [0.717, 1.165) is 57.5 Å². The van der Waals surface area contributed by atoms with Crippen LogP contribution in [0.25, 0.3) is 11.1 Å². The van der Waals surface area contributed by atoms with Crippen molar-refractivity contribution in [3.8, 4) is 16.9 Å². The van der Waals surface area contributed by atoms with E-state index in [4.69, 9.17) is 23.7 Å². The molecule has 2 rings (SSSR count). The smallest absolute Gasteiger partial charge is 0.334 e. The summed E-state index contributed by atoms with van der Waals surface area (Å²) in [6.45, 7) is 19.3. The molecule has 0 unspecified atom stereocenters. The molecule has 0 spiro atoms. The summed E-state index contributed by atoms with van der Waals surface area (Å²) in [4.78, 5) is 75.0. The Hall–Kier alpha value is -6.05. The normalized spacial score (nSPS) is 10.8. The molecule has 0 atom stereocenters. The summed E-state index contributed by atoms with van der Waals surface area (Å²) >= 11 is 0. The number of aryl methyl sites for hydroxylation is 3. The van der Waals surface area contributed by atoms with Crippen LogP contribution < -0.4 is 4.74 Å². The summed E-state index contributed by atoms with van der Waals surface area (Å²) in [5.41, 5.74) is 1.38. The Morgan fingerprint density at radius 2 is 1.14 bits per heavy atom. The Morgan fingerprint density at radius 3 is 1.65 bits per heavy atom. The molecular weight excluding hydrogens is 816 g/mol. The topological polar surface area (TPSA) is 167 Å². The Bertz CT molecular complexity index is 1950. The van der Waals surface area contributed by atoms with E-state index in [0.29, 0.717) is 35.3 Å². The monoisotopic (exact) mass is 878 g/mol. The number of unbranched alkanes of at least 4 members (excludes halogenated alkanes) is 4. The molecule has 0 radical (unpaired) electrons. The number of esters is 6. The second-order valence-corrected chi connectivity index (χ2v) is 15.5. The number of benzene rings is 2. The van der Waals surface area contributed by atoms with Gasteiger partial charge < -0.3 is 33.2 Å². The number of hydrogen-bond donors (Lipinski definition) is 0. The number of hydrogen-bond acceptors (Lipinski definition) is 13. The third-order valence-corrected chi connectivity index (χ3v) is 9.89. The van der Waals surface area contributed by atoms with Crippen molar-refractivity contribution in [2.75, 3.05) is 47.3 Å². The van der Waals surface area contributed by atoms with Crippen LogP contribution in [0.5, 0.6) is 5.75 Å². The van der Waals surface area contributed by atoms with Gasteiger partial charge in [-0.1, -0.05) is 78.0 Å². The SMILES string of the molecule is C=C(C)C(=O)OCCCc1cc(-c2ccc(CCCCCCC)cc2F)c(CC)cc1OCC(COC(=O)C(=C)C)(COC(=O)C(=C)CC(=O)OC)COC(=O)C(=C)CC(=O)OC. The first kappa shape index (κ1) is 53.1. The zero-order valence-electron chi connectivity index (χ0n) is 37.7. The van der Waals surface area contributed by atoms with E-state index >= 15 is 4.39 Å². The van der Waals surface area contributed by atoms with Gasteiger partial charge in [-0.25, -0.2) is 23.6 Å². The molecule has 0 aliphatic carbocycles. The van der Waals surface area contributed by atoms with Crippen molar-refractivity contribution in [3.63, 3.8) is 0 Å². The maximum Gasteiger partial charge on any atom is 0.334 e. The highest BCUT2D eigenvalue weighted by Gasteiger charge is 2.38. The predicted octanol–water partition coefficient (Wildman–Crippen LogP) is 8.43. The number of halogens is 1. The summed E-state index contributed by atoms with van der Waals surface area (Å²) in [5.74, 6) is -4.91. The second-order valence-electron chi connectivity index (χ2n) is 15.5. The molecule has 0 saturated heterocycles. The van der Waals surface area contributed by atoms with Gasteiger partial charge in [-0.2, -0.15) is 0 Å². The van der Waals surface area contributed by atoms with Crippen LogP contribution in [-0.2, 0) is 76.5 Å². The standard InChI is InChI=1S/C49H63FO13/c1-11-13-14-15-16-18-36-20-21-39(41(50)25-36)40-26-38(19-17-22-59-45(53)32(3)4)42(27-37(40)12-2)60-28-49(29-61-46(54)33(5)6,30-62-47(55)34(7)23-43(51)57-9)31-63-48(56)35(8)24-44(52)58-10/h20-21,25-27H,3,5,7-8,11-19,22-24,28-31H2,1-2,4,6,9-10H3. The Labute approximate surface area is 370 Å². The second kappa shape index (κ2) is 27.1. The first-order chi connectivity index (χ1) is 29.9. The Balaban J connectivity index is 2.68. The lowest BCUT2D eigenvalue weighted by Gasteiger charge is -2.32. The minimum atomic E-state index is -1.65. The van der Waals surface area contributed by atoms with Crippen molar-refractivity contribution in [2.24, 2.45) is 5.41 Å². The van der Waals surface area contributed by atoms with E-state index in [1.165, 1.54) is 20.3 Å². The lowest BCUT2D eigenvalue weighted by Crippen LogP contribution is -2.44. The fraction of sp³-hybridized carbons (Fsp3) is 0.469. The molecule has 14 heteroatoms. The largest absolute Gasteiger partial charge is 0.492 e. The van der Waals surface area contributed by atoms with Gasteiger partial charge in [0.25, 0.3) is 0 Å². The third kappa shape index (κ3) is 18.1. The lowest BCUT2D eigenvalue weighted by atomic mass is 9.91. The molecule has 344 valence electrons. The van der Waals surface area contributed by atoms with E-state index in [9.17, 15) is 28.8 Å². The fourth-order valence-electron chi connectivity index (χ4n) is 6.06. The summed E-state index contributed by atoms with van der Waals surface area (Å²) in [5, 5.41) is 0. The molecule has 0 aliphatic rings. The predicted molar refractivity (Wildman–Crippen MR) is 235 cm³/mol. The molecule has 0 N–H and O–H groups in total. The van der Waals surface area contributed by atoms with E-state index in [1.54, 1.807) is 18.2 Å². The van der Waals surface area contributed by atoms with Gasteiger partial charge in [0.15, 0.2) is 0 Å². The maximum absolute atomic E-state index is 16.0. The van der Waals surface area contributed by atoms with Gasteiger partial charge in [0.05, 0.1) is 33.7 Å². The van der Waals surface area contributed by atoms with Crippen LogP contribution in [0.3, 0.4) is 0 Å². The fourth-order valence-corrected chi connectivity index (χ4v) is 6.06. The molecule has 0 bridgehead atoms. The van der Waals surface area contributed by atoms with Crippen molar-refractivity contribution in [3.05, 3.63) is 101 Å². The van der Waals surface area contributed by atoms with Crippen LogP contribution >= 0.6 is 0 Å². The first-order valence-corrected chi connectivity index (χ1v) is 21.0. The average Bonchev–Trinajstić information content (AvgIpc) is 3.26. The van der Waals surface area contributed by atoms with Crippen LogP contribution in [-0.4, -0.2) is 83.1 Å². The molecule has 13 nitrogen and oxygen atoms in total. The van der Waals surface area contributed by atoms with Crippen molar-refractivity contribution in [2.45, 2.75) is 98.3 Å². The molecule has 0 saturated carbocycles. The highest BCUT2D eigenvalue weighted by molar-refractivity contribution is 5.94. The molecule has 2 aromatic carbocycles. The Kier molecular flexibility index (Phi) is 22.8. The molecule has 0 amide bonds. The zero-order valence-corrected chi connectivity index (χ0v) is 37.7. The molecule has 0 aliphatic heterocycles. The third-order valence-electron chi connectivity index (χ3n) is 9.89. The van der Waals surface area contributed by atoms with Crippen LogP contribution in [0.1, 0.15) is 95.8 Å². The van der Waals surface area contributed by atoms with Crippen molar-refractivity contribution in [1.29, 1.82) is 0 Å². The van der Waals surface area contributed by atoms with Crippen molar-refractivity contribution < 1.29 is 66.3 Å². The van der Waals surface area contributed by atoms with Gasteiger partial charge in [0.1, 0.15) is 43.4 Å². The van der Waals surface area contributed by atoms with Gasteiger partial charge in [-0.15, -0.1) is 0 Å². The van der Waals surface area contributed by atoms with Crippen LogP contribution in [0.2, 0.25) is 0 Å². The highest BCUT2D eigenvalue weighted by atomic mass is 19.1. The highest BCUT2D eigenvalue weighted by Crippen LogP contribution is 2.36. The number of carbonyl (C=O) groups is 6. The quantitative estimate of drug-likeness (QED) is 0.0331. The molecule has 0 aromatic heterocycles. The van der Waals surface area contributed by atoms with Gasteiger partial charge in [0, 0.05) is 27.9 Å². The molecule has 63 heavy (non-hydrogen) atoms. The number of carbonyl (C=O) groups excluding carboxylic acids is 6. The number of ether oxygens (including phenoxy) is 7. The minimum absolute atomic E-state index is 0.0366. The summed E-state index contributed by atoms with van der Waals surface area (Å²) < 4.78 is 53.8. The van der Waals surface area contributed by atoms with Gasteiger partial charge in [0.2, 0.25) is 0 Å². The minimum Gasteiger partial charge on any atom is -0.492 e. The van der Waals surface area contributed by atoms with Crippen LogP contribution in [0.15, 0.2) is 78.9 Å². The summed E-state index contributed by atoms with van der Waals surface area (Å²) in [7, 11) is 2.29. The van der Waals surface area contributed by atoms with Gasteiger partial charge >= 0.3 is 35.8 Å². The number of rotatable bonds is 29. The van der Waals surface area contributed by atoms with Crippen molar-refractivity contribution >= 4 is 35.8 Å². The van der Waals surface area contributed by atoms with Gasteiger partial charge in [-0.3, -0.25) is 9.59 Å². The van der Waals surface area contributed by atoms with E-state index in [2.05, 4.69) is 42.7 Å². The molecule has 0 heterocycles. The van der Waals surface area contributed by atoms with E-state index in [1.807, 2.05) is 19.1 Å².